The number of pyridine rings is 1. The molecule has 2 aliphatic rings. The van der Waals surface area contributed by atoms with Crippen LogP contribution in [0.5, 0.6) is 5.75 Å². The van der Waals surface area contributed by atoms with Gasteiger partial charge in [0.1, 0.15) is 23.1 Å². The second-order valence-corrected chi connectivity index (χ2v) is 15.1. The van der Waals surface area contributed by atoms with Gasteiger partial charge in [-0.15, -0.1) is 11.3 Å². The maximum absolute atomic E-state index is 13.7. The molecule has 1 atom stereocenters. The Morgan fingerprint density at radius 1 is 1.07 bits per heavy atom. The number of amides is 1. The highest BCUT2D eigenvalue weighted by Gasteiger charge is 2.45. The summed E-state index contributed by atoms with van der Waals surface area (Å²) in [5, 5.41) is 4.93. The molecule has 0 saturated heterocycles. The number of methoxy groups -OCH3 is 1. The molecular formula is C37H48N2O4S. The summed E-state index contributed by atoms with van der Waals surface area (Å²) in [7, 11) is 1.35. The summed E-state index contributed by atoms with van der Waals surface area (Å²) in [4.78, 5) is 33.4. The van der Waals surface area contributed by atoms with Crippen LogP contribution in [-0.4, -0.2) is 35.6 Å². The number of hydrogen-bond donors (Lipinski definition) is 1. The number of fused-ring (bicyclic) bond motifs is 1. The maximum atomic E-state index is 13.7. The van der Waals surface area contributed by atoms with Gasteiger partial charge in [-0.1, -0.05) is 65.5 Å². The number of ether oxygens (including phenoxy) is 2. The molecule has 3 aromatic rings. The summed E-state index contributed by atoms with van der Waals surface area (Å²) in [6.45, 7) is 12.8. The average molecular weight is 617 g/mol. The Kier molecular flexibility index (Phi) is 9.83. The van der Waals surface area contributed by atoms with Crippen molar-refractivity contribution in [1.82, 2.24) is 10.3 Å². The molecule has 1 N–H and O–H groups in total. The van der Waals surface area contributed by atoms with Gasteiger partial charge in [-0.25, -0.2) is 9.78 Å². The number of carbonyl (C=O) groups is 2. The molecule has 1 amide bonds. The van der Waals surface area contributed by atoms with Gasteiger partial charge in [0.15, 0.2) is 0 Å². The Bertz CT molecular complexity index is 1510. The van der Waals surface area contributed by atoms with Crippen molar-refractivity contribution in [3.05, 3.63) is 64.1 Å². The molecule has 2 heterocycles. The Hall–Kier alpha value is -3.19. The highest BCUT2D eigenvalue weighted by atomic mass is 32.1. The van der Waals surface area contributed by atoms with Crippen molar-refractivity contribution >= 4 is 39.6 Å². The summed E-state index contributed by atoms with van der Waals surface area (Å²) in [6.07, 6.45) is 11.8. The number of rotatable bonds is 10. The van der Waals surface area contributed by atoms with Crippen LogP contribution in [0.1, 0.15) is 111 Å². The predicted molar refractivity (Wildman–Crippen MR) is 179 cm³/mol. The Morgan fingerprint density at radius 2 is 1.80 bits per heavy atom. The number of hydrogen-bond acceptors (Lipinski definition) is 6. The van der Waals surface area contributed by atoms with Crippen molar-refractivity contribution in [2.45, 2.75) is 110 Å². The van der Waals surface area contributed by atoms with Crippen molar-refractivity contribution in [2.75, 3.05) is 7.11 Å². The summed E-state index contributed by atoms with van der Waals surface area (Å²) in [5.74, 6) is 0.572. The lowest BCUT2D eigenvalue weighted by atomic mass is 9.68. The topological polar surface area (TPSA) is 77.5 Å². The average Bonchev–Trinajstić information content (AvgIpc) is 3.69. The molecule has 6 nitrogen and oxygen atoms in total. The van der Waals surface area contributed by atoms with E-state index in [4.69, 9.17) is 14.5 Å². The lowest BCUT2D eigenvalue weighted by Gasteiger charge is -2.47. The second-order valence-electron chi connectivity index (χ2n) is 13.9. The van der Waals surface area contributed by atoms with Gasteiger partial charge in [0.05, 0.1) is 7.11 Å². The van der Waals surface area contributed by atoms with E-state index in [1.165, 1.54) is 52.1 Å². The first-order valence-electron chi connectivity index (χ1n) is 16.2. The number of allylic oxidation sites excluding steroid dienone is 1. The van der Waals surface area contributed by atoms with E-state index in [9.17, 15) is 9.59 Å². The number of esters is 1. The molecular weight excluding hydrogens is 568 g/mol. The zero-order valence-electron chi connectivity index (χ0n) is 27.1. The van der Waals surface area contributed by atoms with E-state index in [1.807, 2.05) is 31.2 Å². The van der Waals surface area contributed by atoms with Gasteiger partial charge < -0.3 is 14.8 Å². The third kappa shape index (κ3) is 7.20. The maximum Gasteiger partial charge on any atom is 0.328 e. The number of nitrogens with zero attached hydrogens (tertiary/aromatic N) is 1. The molecule has 0 aliphatic heterocycles. The minimum atomic E-state index is -0.820. The number of nitrogens with one attached hydrogen (secondary N) is 1. The van der Waals surface area contributed by atoms with E-state index in [2.05, 4.69) is 44.8 Å². The lowest BCUT2D eigenvalue weighted by molar-refractivity contribution is -0.142. The van der Waals surface area contributed by atoms with Crippen molar-refractivity contribution in [3.8, 4) is 5.75 Å². The smallest absolute Gasteiger partial charge is 0.328 e. The van der Waals surface area contributed by atoms with Crippen LogP contribution in [-0.2, 0) is 22.4 Å². The number of thiophene rings is 1. The molecule has 2 saturated carbocycles. The quantitative estimate of drug-likeness (QED) is 0.231. The first kappa shape index (κ1) is 32.2. The molecule has 236 valence electrons. The Labute approximate surface area is 266 Å². The van der Waals surface area contributed by atoms with E-state index in [0.717, 1.165) is 56.8 Å². The van der Waals surface area contributed by atoms with Gasteiger partial charge in [0.25, 0.3) is 5.91 Å². The van der Waals surface area contributed by atoms with Crippen LogP contribution in [0.15, 0.2) is 43.0 Å². The molecule has 2 fully saturated rings. The number of aromatic nitrogens is 1. The summed E-state index contributed by atoms with van der Waals surface area (Å²) in [5.41, 5.74) is 2.03. The van der Waals surface area contributed by atoms with Gasteiger partial charge in [-0.2, -0.15) is 0 Å². The lowest BCUT2D eigenvalue weighted by Crippen LogP contribution is -2.49. The standard InChI is InChI=1S/C37H48N2O4S/c1-24(2)33-17-16-28(44-33)23-32(35(41)42-6)39-34(40)31-21-26-14-15-27(43-37(36(3,4)5)18-10-7-11-19-37)22-29(26)30(38-31)20-25-12-8-9-13-25/h14-17,21-22,25,32H,1,7-13,18-20,23H2,2-6H3,(H,39,40)/t32-/m0/s1. The van der Waals surface area contributed by atoms with Crippen LogP contribution in [0.3, 0.4) is 0 Å². The zero-order chi connectivity index (χ0) is 31.5. The van der Waals surface area contributed by atoms with E-state index < -0.39 is 12.0 Å². The molecule has 7 heteroatoms. The van der Waals surface area contributed by atoms with Crippen LogP contribution in [0.4, 0.5) is 0 Å². The zero-order valence-corrected chi connectivity index (χ0v) is 27.9. The largest absolute Gasteiger partial charge is 0.487 e. The summed E-state index contributed by atoms with van der Waals surface area (Å²) >= 11 is 1.57. The second kappa shape index (κ2) is 13.4. The molecule has 0 bridgehead atoms. The molecule has 2 aliphatic carbocycles. The fourth-order valence-corrected chi connectivity index (χ4v) is 7.94. The highest BCUT2D eigenvalue weighted by Crippen LogP contribution is 2.45. The monoisotopic (exact) mass is 616 g/mol. The van der Waals surface area contributed by atoms with Gasteiger partial charge in [-0.3, -0.25) is 4.79 Å². The predicted octanol–water partition coefficient (Wildman–Crippen LogP) is 8.70. The van der Waals surface area contributed by atoms with Gasteiger partial charge in [0.2, 0.25) is 0 Å². The van der Waals surface area contributed by atoms with E-state index >= 15 is 0 Å². The molecule has 0 spiro atoms. The first-order valence-corrected chi connectivity index (χ1v) is 17.1. The minimum absolute atomic E-state index is 0.0145. The van der Waals surface area contributed by atoms with E-state index in [0.29, 0.717) is 18.0 Å². The molecule has 1 aromatic carbocycles. The molecule has 5 rings (SSSR count). The fraction of sp³-hybridized carbons (Fsp3) is 0.541. The Morgan fingerprint density at radius 3 is 2.43 bits per heavy atom. The van der Waals surface area contributed by atoms with Crippen molar-refractivity contribution in [1.29, 1.82) is 0 Å². The Balaban J connectivity index is 1.45. The SMILES string of the molecule is C=C(C)c1ccc(C[C@H](NC(=O)c2cc3ccc(OC4(C(C)(C)C)CCCCC4)cc3c(CC3CCCC3)n2)C(=O)OC)s1. The molecule has 44 heavy (non-hydrogen) atoms. The van der Waals surface area contributed by atoms with Crippen LogP contribution >= 0.6 is 11.3 Å². The van der Waals surface area contributed by atoms with E-state index in [-0.39, 0.29) is 16.9 Å². The van der Waals surface area contributed by atoms with Crippen molar-refractivity contribution < 1.29 is 19.1 Å². The molecule has 0 unspecified atom stereocenters. The van der Waals surface area contributed by atoms with Crippen LogP contribution < -0.4 is 10.1 Å². The highest BCUT2D eigenvalue weighted by molar-refractivity contribution is 7.13. The number of benzene rings is 1. The van der Waals surface area contributed by atoms with Gasteiger partial charge >= 0.3 is 5.97 Å². The third-order valence-electron chi connectivity index (χ3n) is 9.69. The summed E-state index contributed by atoms with van der Waals surface area (Å²) in [6, 6.07) is 11.2. The van der Waals surface area contributed by atoms with Gasteiger partial charge in [0, 0.05) is 32.7 Å². The van der Waals surface area contributed by atoms with Gasteiger partial charge in [-0.05, 0) is 86.2 Å². The normalized spacial score (nSPS) is 17.8. The number of carbonyl (C=O) groups excluding carboxylic acids is 2. The van der Waals surface area contributed by atoms with Crippen LogP contribution in [0.25, 0.3) is 16.3 Å². The van der Waals surface area contributed by atoms with E-state index in [1.54, 1.807) is 11.3 Å². The molecule has 2 aromatic heterocycles. The van der Waals surface area contributed by atoms with Crippen LogP contribution in [0.2, 0.25) is 0 Å². The van der Waals surface area contributed by atoms with Crippen LogP contribution in [0, 0.1) is 11.3 Å². The fourth-order valence-electron chi connectivity index (χ4n) is 6.96. The van der Waals surface area contributed by atoms with Crippen molar-refractivity contribution in [3.63, 3.8) is 0 Å². The third-order valence-corrected chi connectivity index (χ3v) is 11.0. The minimum Gasteiger partial charge on any atom is -0.487 e. The molecule has 0 radical (unpaired) electrons. The van der Waals surface area contributed by atoms with Crippen molar-refractivity contribution in [2.24, 2.45) is 11.3 Å². The first-order chi connectivity index (χ1) is 21.0. The summed E-state index contributed by atoms with van der Waals surface area (Å²) < 4.78 is 12.0.